The molecule has 0 saturated carbocycles. The van der Waals surface area contributed by atoms with Crippen molar-refractivity contribution in [1.82, 2.24) is 14.8 Å². The summed E-state index contributed by atoms with van der Waals surface area (Å²) in [6.45, 7) is 6.58. The van der Waals surface area contributed by atoms with Gasteiger partial charge in [0.15, 0.2) is 11.0 Å². The van der Waals surface area contributed by atoms with Gasteiger partial charge in [-0.25, -0.2) is 0 Å². The summed E-state index contributed by atoms with van der Waals surface area (Å²) in [5, 5.41) is 13.3. The molecule has 9 heteroatoms. The van der Waals surface area contributed by atoms with Crippen LogP contribution < -0.4 is 5.32 Å². The molecule has 0 aliphatic heterocycles. The van der Waals surface area contributed by atoms with Gasteiger partial charge in [0, 0.05) is 27.3 Å². The van der Waals surface area contributed by atoms with Gasteiger partial charge in [-0.15, -0.1) is 10.2 Å². The Bertz CT molecular complexity index is 1050. The van der Waals surface area contributed by atoms with Crippen LogP contribution in [-0.4, -0.2) is 26.4 Å². The number of amides is 1. The number of hydrogen-bond acceptors (Lipinski definition) is 4. The van der Waals surface area contributed by atoms with Crippen molar-refractivity contribution in [2.45, 2.75) is 32.5 Å². The summed E-state index contributed by atoms with van der Waals surface area (Å²) in [7, 11) is 0. The Morgan fingerprint density at radius 3 is 2.48 bits per heavy atom. The summed E-state index contributed by atoms with van der Waals surface area (Å²) >= 11 is 17.1. The van der Waals surface area contributed by atoms with Gasteiger partial charge >= 0.3 is 0 Å². The van der Waals surface area contributed by atoms with E-state index in [-0.39, 0.29) is 11.7 Å². The molecule has 0 saturated heterocycles. The molecule has 1 aromatic heterocycles. The number of halogens is 3. The fourth-order valence-corrected chi connectivity index (χ4v) is 4.95. The van der Waals surface area contributed by atoms with Crippen molar-refractivity contribution < 1.29 is 4.79 Å². The zero-order valence-corrected chi connectivity index (χ0v) is 20.0. The van der Waals surface area contributed by atoms with Crippen LogP contribution in [0, 0.1) is 13.8 Å². The second-order valence-corrected chi connectivity index (χ2v) is 9.13. The van der Waals surface area contributed by atoms with E-state index in [9.17, 15) is 4.79 Å². The van der Waals surface area contributed by atoms with Crippen molar-refractivity contribution in [2.24, 2.45) is 0 Å². The van der Waals surface area contributed by atoms with Crippen LogP contribution in [0.2, 0.25) is 10.0 Å². The van der Waals surface area contributed by atoms with Crippen molar-refractivity contribution in [3.8, 4) is 11.4 Å². The lowest BCUT2D eigenvalue weighted by Gasteiger charge is -2.12. The van der Waals surface area contributed by atoms with Gasteiger partial charge in [-0.05, 0) is 62.2 Å². The van der Waals surface area contributed by atoms with Crippen LogP contribution in [0.1, 0.15) is 18.1 Å². The van der Waals surface area contributed by atoms with Crippen molar-refractivity contribution in [2.75, 3.05) is 11.1 Å². The topological polar surface area (TPSA) is 59.8 Å². The van der Waals surface area contributed by atoms with Gasteiger partial charge in [0.05, 0.1) is 10.8 Å². The van der Waals surface area contributed by atoms with Gasteiger partial charge in [-0.2, -0.15) is 0 Å². The first-order valence-corrected chi connectivity index (χ1v) is 11.4. The van der Waals surface area contributed by atoms with Gasteiger partial charge in [0.25, 0.3) is 0 Å². The van der Waals surface area contributed by atoms with Crippen LogP contribution in [0.5, 0.6) is 0 Å². The van der Waals surface area contributed by atoms with Gasteiger partial charge < -0.3 is 9.88 Å². The minimum absolute atomic E-state index is 0.0970. The molecule has 5 nitrogen and oxygen atoms in total. The summed E-state index contributed by atoms with van der Waals surface area (Å²) in [6.07, 6.45) is 0. The molecule has 0 aliphatic rings. The lowest BCUT2D eigenvalue weighted by molar-refractivity contribution is -0.113. The van der Waals surface area contributed by atoms with Crippen LogP contribution in [0.25, 0.3) is 11.4 Å². The smallest absolute Gasteiger partial charge is 0.234 e. The van der Waals surface area contributed by atoms with Crippen molar-refractivity contribution >= 4 is 62.5 Å². The predicted octanol–water partition coefficient (Wildman–Crippen LogP) is 6.38. The molecular weight excluding hydrogens is 495 g/mol. The molecule has 3 rings (SSSR count). The molecule has 3 aromatic rings. The third-order valence-electron chi connectivity index (χ3n) is 4.30. The van der Waals surface area contributed by atoms with Gasteiger partial charge in [-0.3, -0.25) is 4.79 Å². The first-order valence-electron chi connectivity index (χ1n) is 8.88. The molecule has 1 amide bonds. The van der Waals surface area contributed by atoms with Gasteiger partial charge in [-0.1, -0.05) is 50.9 Å². The molecule has 0 aliphatic carbocycles. The number of aryl methyl sites for hydroxylation is 2. The zero-order chi connectivity index (χ0) is 21.1. The number of hydrogen-bond donors (Lipinski definition) is 1. The average molecular weight is 514 g/mol. The molecular formula is C20H19BrCl2N4OS. The molecule has 29 heavy (non-hydrogen) atoms. The van der Waals surface area contributed by atoms with Crippen LogP contribution in [0.3, 0.4) is 0 Å². The fourth-order valence-electron chi connectivity index (χ4n) is 2.96. The monoisotopic (exact) mass is 512 g/mol. The van der Waals surface area contributed by atoms with E-state index in [0.717, 1.165) is 26.9 Å². The Morgan fingerprint density at radius 2 is 1.86 bits per heavy atom. The molecule has 2 aromatic carbocycles. The van der Waals surface area contributed by atoms with E-state index in [2.05, 4.69) is 31.4 Å². The Morgan fingerprint density at radius 1 is 1.17 bits per heavy atom. The number of carbonyl (C=O) groups is 1. The lowest BCUT2D eigenvalue weighted by atomic mass is 10.1. The van der Waals surface area contributed by atoms with E-state index >= 15 is 0 Å². The van der Waals surface area contributed by atoms with Crippen LogP contribution in [-0.2, 0) is 11.3 Å². The predicted molar refractivity (Wildman–Crippen MR) is 124 cm³/mol. The third kappa shape index (κ3) is 5.15. The van der Waals surface area contributed by atoms with Crippen molar-refractivity contribution in [3.63, 3.8) is 0 Å². The second kappa shape index (κ2) is 9.51. The minimum Gasteiger partial charge on any atom is -0.325 e. The maximum atomic E-state index is 12.5. The maximum Gasteiger partial charge on any atom is 0.234 e. The number of thioether (sulfide) groups is 1. The number of carbonyl (C=O) groups excluding carboxylic acids is 1. The second-order valence-electron chi connectivity index (χ2n) is 6.43. The number of nitrogens with one attached hydrogen (secondary N) is 1. The Hall–Kier alpha value is -1.54. The summed E-state index contributed by atoms with van der Waals surface area (Å²) in [5.41, 5.74) is 3.60. The maximum absolute atomic E-state index is 12.5. The quantitative estimate of drug-likeness (QED) is 0.388. The normalized spacial score (nSPS) is 11.0. The zero-order valence-electron chi connectivity index (χ0n) is 16.1. The fraction of sp³-hybridized carbons (Fsp3) is 0.250. The number of rotatable bonds is 6. The SMILES string of the molecule is CCn1c(SCC(=O)Nc2c(C)cc(Br)cc2C)nnc1-c1ccc(Cl)cc1Cl. The molecule has 1 heterocycles. The molecule has 0 atom stereocenters. The van der Waals surface area contributed by atoms with E-state index in [1.807, 2.05) is 43.5 Å². The molecule has 0 unspecified atom stereocenters. The number of anilines is 1. The Kier molecular flexibility index (Phi) is 7.27. The summed E-state index contributed by atoms with van der Waals surface area (Å²) in [5.74, 6) is 0.776. The standard InChI is InChI=1S/C20H19BrCl2N4OS/c1-4-27-19(15-6-5-14(22)9-16(15)23)25-26-20(27)29-10-17(28)24-18-11(2)7-13(21)8-12(18)3/h5-9H,4,10H2,1-3H3,(H,24,28). The van der Waals surface area contributed by atoms with Crippen LogP contribution >= 0.6 is 50.9 Å². The highest BCUT2D eigenvalue weighted by molar-refractivity contribution is 9.10. The highest BCUT2D eigenvalue weighted by Gasteiger charge is 2.17. The van der Waals surface area contributed by atoms with E-state index in [4.69, 9.17) is 23.2 Å². The third-order valence-corrected chi connectivity index (χ3v) is 6.27. The molecule has 0 fully saturated rings. The molecule has 1 N–H and O–H groups in total. The molecule has 0 bridgehead atoms. The van der Waals surface area contributed by atoms with Gasteiger partial charge in [0.1, 0.15) is 0 Å². The highest BCUT2D eigenvalue weighted by Crippen LogP contribution is 2.31. The van der Waals surface area contributed by atoms with Gasteiger partial charge in [0.2, 0.25) is 5.91 Å². The van der Waals surface area contributed by atoms with E-state index in [1.54, 1.807) is 12.1 Å². The number of benzene rings is 2. The minimum atomic E-state index is -0.0970. The summed E-state index contributed by atoms with van der Waals surface area (Å²) < 4.78 is 2.92. The van der Waals surface area contributed by atoms with Crippen LogP contribution in [0.4, 0.5) is 5.69 Å². The Labute approximate surface area is 192 Å². The average Bonchev–Trinajstić information content (AvgIpc) is 3.05. The van der Waals surface area contributed by atoms with E-state index in [1.165, 1.54) is 11.8 Å². The largest absolute Gasteiger partial charge is 0.325 e. The lowest BCUT2D eigenvalue weighted by Crippen LogP contribution is -2.16. The van der Waals surface area contributed by atoms with Crippen molar-refractivity contribution in [1.29, 1.82) is 0 Å². The highest BCUT2D eigenvalue weighted by atomic mass is 79.9. The number of aromatic nitrogens is 3. The molecule has 0 radical (unpaired) electrons. The van der Waals surface area contributed by atoms with Crippen LogP contribution in [0.15, 0.2) is 40.0 Å². The van der Waals surface area contributed by atoms with E-state index in [0.29, 0.717) is 27.6 Å². The van der Waals surface area contributed by atoms with Crippen molar-refractivity contribution in [3.05, 3.63) is 56.0 Å². The Balaban J connectivity index is 1.74. The molecule has 152 valence electrons. The first kappa shape index (κ1) is 22.2. The summed E-state index contributed by atoms with van der Waals surface area (Å²) in [6, 6.07) is 9.22. The molecule has 0 spiro atoms. The number of nitrogens with zero attached hydrogens (tertiary/aromatic N) is 3. The first-order chi connectivity index (χ1) is 13.8. The summed E-state index contributed by atoms with van der Waals surface area (Å²) in [4.78, 5) is 12.5. The van der Waals surface area contributed by atoms with E-state index < -0.39 is 0 Å².